The van der Waals surface area contributed by atoms with Gasteiger partial charge in [-0.05, 0) is 66.9 Å². The van der Waals surface area contributed by atoms with Crippen LogP contribution in [-0.2, 0) is 10.0 Å². The lowest BCUT2D eigenvalue weighted by Gasteiger charge is -2.10. The predicted octanol–water partition coefficient (Wildman–Crippen LogP) is 4.43. The molecule has 0 bridgehead atoms. The summed E-state index contributed by atoms with van der Waals surface area (Å²) in [5, 5.41) is 0.805. The van der Waals surface area contributed by atoms with E-state index in [1.807, 2.05) is 19.9 Å². The molecule has 4 rings (SSSR count). The summed E-state index contributed by atoms with van der Waals surface area (Å²) < 4.78 is 40.7. The standard InChI is InChI=1S/C22H21FN4O2S/c1-3-10-26-30(28,29)17-8-9-18(14(2)11-17)21-19-12-20(27-22(19)25-13-24-21)15-4-6-16(23)7-5-15/h4-9,11-13,26H,3,10H2,1-2H3,(H,24,25,27). The Morgan fingerprint density at radius 3 is 2.53 bits per heavy atom. The number of nitrogens with one attached hydrogen (secondary N) is 2. The van der Waals surface area contributed by atoms with Crippen LogP contribution in [0.4, 0.5) is 4.39 Å². The van der Waals surface area contributed by atoms with Crippen molar-refractivity contribution in [1.29, 1.82) is 0 Å². The quantitative estimate of drug-likeness (QED) is 0.479. The van der Waals surface area contributed by atoms with Gasteiger partial charge in [0.2, 0.25) is 10.0 Å². The summed E-state index contributed by atoms with van der Waals surface area (Å²) in [7, 11) is -3.54. The molecule has 0 saturated heterocycles. The van der Waals surface area contributed by atoms with E-state index >= 15 is 0 Å². The topological polar surface area (TPSA) is 87.7 Å². The van der Waals surface area contributed by atoms with Crippen LogP contribution in [0.5, 0.6) is 0 Å². The molecule has 8 heteroatoms. The fourth-order valence-electron chi connectivity index (χ4n) is 3.33. The van der Waals surface area contributed by atoms with Crippen molar-refractivity contribution in [2.75, 3.05) is 6.54 Å². The number of halogens is 1. The third-order valence-corrected chi connectivity index (χ3v) is 6.34. The Morgan fingerprint density at radius 2 is 1.83 bits per heavy atom. The summed E-state index contributed by atoms with van der Waals surface area (Å²) in [5.41, 5.74) is 4.60. The van der Waals surface area contributed by atoms with Crippen molar-refractivity contribution >= 4 is 21.1 Å². The zero-order chi connectivity index (χ0) is 21.3. The lowest BCUT2D eigenvalue weighted by molar-refractivity contribution is 0.580. The molecule has 0 aliphatic carbocycles. The summed E-state index contributed by atoms with van der Waals surface area (Å²) in [6.45, 7) is 4.16. The molecule has 0 fully saturated rings. The highest BCUT2D eigenvalue weighted by atomic mass is 32.2. The predicted molar refractivity (Wildman–Crippen MR) is 115 cm³/mol. The maximum Gasteiger partial charge on any atom is 0.240 e. The number of H-pyrrole nitrogens is 1. The first kappa shape index (κ1) is 20.2. The fourth-order valence-corrected chi connectivity index (χ4v) is 4.55. The molecule has 30 heavy (non-hydrogen) atoms. The van der Waals surface area contributed by atoms with E-state index in [-0.39, 0.29) is 10.7 Å². The van der Waals surface area contributed by atoms with Gasteiger partial charge in [-0.25, -0.2) is 27.5 Å². The molecule has 2 aromatic carbocycles. The zero-order valence-electron chi connectivity index (χ0n) is 16.6. The molecule has 0 aliphatic heterocycles. The van der Waals surface area contributed by atoms with Crippen LogP contribution in [0.3, 0.4) is 0 Å². The smallest absolute Gasteiger partial charge is 0.240 e. The van der Waals surface area contributed by atoms with Crippen LogP contribution >= 0.6 is 0 Å². The van der Waals surface area contributed by atoms with Gasteiger partial charge in [-0.1, -0.05) is 13.0 Å². The molecule has 0 spiro atoms. The summed E-state index contributed by atoms with van der Waals surface area (Å²) in [6.07, 6.45) is 2.19. The number of sulfonamides is 1. The largest absolute Gasteiger partial charge is 0.339 e. The van der Waals surface area contributed by atoms with Crippen molar-refractivity contribution in [3.63, 3.8) is 0 Å². The Hall–Kier alpha value is -3.10. The van der Waals surface area contributed by atoms with E-state index in [9.17, 15) is 12.8 Å². The molecule has 0 radical (unpaired) electrons. The van der Waals surface area contributed by atoms with Gasteiger partial charge in [0.1, 0.15) is 17.8 Å². The van der Waals surface area contributed by atoms with Crippen LogP contribution < -0.4 is 4.72 Å². The summed E-state index contributed by atoms with van der Waals surface area (Å²) in [5.74, 6) is -0.297. The average molecular weight is 425 g/mol. The molecule has 0 amide bonds. The minimum absolute atomic E-state index is 0.226. The highest BCUT2D eigenvalue weighted by Gasteiger charge is 2.17. The maximum atomic E-state index is 13.2. The number of fused-ring (bicyclic) bond motifs is 1. The Morgan fingerprint density at radius 1 is 1.07 bits per heavy atom. The van der Waals surface area contributed by atoms with Crippen LogP contribution in [0.25, 0.3) is 33.5 Å². The van der Waals surface area contributed by atoms with E-state index in [0.717, 1.165) is 34.2 Å². The van der Waals surface area contributed by atoms with Crippen LogP contribution in [-0.4, -0.2) is 29.9 Å². The number of hydrogen-bond acceptors (Lipinski definition) is 4. The van der Waals surface area contributed by atoms with E-state index in [2.05, 4.69) is 19.7 Å². The molecule has 2 N–H and O–H groups in total. The molecule has 6 nitrogen and oxygen atoms in total. The highest BCUT2D eigenvalue weighted by Crippen LogP contribution is 2.32. The SMILES string of the molecule is CCCNS(=O)(=O)c1ccc(-c2ncnc3[nH]c(-c4ccc(F)cc4)cc23)c(C)c1. The molecule has 0 aliphatic rings. The third kappa shape index (κ3) is 3.83. The molecular formula is C22H21FN4O2S. The van der Waals surface area contributed by atoms with Gasteiger partial charge in [-0.3, -0.25) is 0 Å². The van der Waals surface area contributed by atoms with Crippen LogP contribution in [0.1, 0.15) is 18.9 Å². The van der Waals surface area contributed by atoms with Crippen molar-refractivity contribution in [3.8, 4) is 22.5 Å². The Bertz CT molecular complexity index is 1310. The van der Waals surface area contributed by atoms with E-state index < -0.39 is 10.0 Å². The summed E-state index contributed by atoms with van der Waals surface area (Å²) >= 11 is 0. The van der Waals surface area contributed by atoms with Crippen molar-refractivity contribution in [2.45, 2.75) is 25.2 Å². The van der Waals surface area contributed by atoms with E-state index in [1.165, 1.54) is 18.5 Å². The van der Waals surface area contributed by atoms with E-state index in [4.69, 9.17) is 0 Å². The number of nitrogens with zero attached hydrogens (tertiary/aromatic N) is 2. The van der Waals surface area contributed by atoms with Gasteiger partial charge < -0.3 is 4.98 Å². The molecule has 0 saturated carbocycles. The van der Waals surface area contributed by atoms with Crippen LogP contribution in [0.2, 0.25) is 0 Å². The van der Waals surface area contributed by atoms with Gasteiger partial charge in [0, 0.05) is 23.2 Å². The van der Waals surface area contributed by atoms with Gasteiger partial charge in [-0.2, -0.15) is 0 Å². The number of hydrogen-bond donors (Lipinski definition) is 2. The summed E-state index contributed by atoms with van der Waals surface area (Å²) in [6, 6.07) is 13.1. The van der Waals surface area contributed by atoms with Gasteiger partial charge >= 0.3 is 0 Å². The van der Waals surface area contributed by atoms with Crippen molar-refractivity contribution in [1.82, 2.24) is 19.7 Å². The minimum atomic E-state index is -3.54. The van der Waals surface area contributed by atoms with Gasteiger partial charge in [0.25, 0.3) is 0 Å². The van der Waals surface area contributed by atoms with Gasteiger partial charge in [-0.15, -0.1) is 0 Å². The fraction of sp³-hybridized carbons (Fsp3) is 0.182. The van der Waals surface area contributed by atoms with Crippen LogP contribution in [0, 0.1) is 12.7 Å². The Balaban J connectivity index is 1.77. The molecule has 2 aromatic heterocycles. The Kier molecular flexibility index (Phi) is 5.36. The number of aromatic nitrogens is 3. The Labute approximate surface area is 174 Å². The van der Waals surface area contributed by atoms with Crippen molar-refractivity contribution < 1.29 is 12.8 Å². The second kappa shape index (κ2) is 7.97. The first-order valence-corrected chi connectivity index (χ1v) is 11.1. The molecule has 0 unspecified atom stereocenters. The zero-order valence-corrected chi connectivity index (χ0v) is 17.4. The first-order chi connectivity index (χ1) is 14.4. The van der Waals surface area contributed by atoms with Crippen molar-refractivity contribution in [2.24, 2.45) is 0 Å². The van der Waals surface area contributed by atoms with E-state index in [0.29, 0.717) is 17.9 Å². The third-order valence-electron chi connectivity index (χ3n) is 4.89. The number of benzene rings is 2. The van der Waals surface area contributed by atoms with Crippen molar-refractivity contribution in [3.05, 3.63) is 66.2 Å². The average Bonchev–Trinajstić information content (AvgIpc) is 3.17. The lowest BCUT2D eigenvalue weighted by Crippen LogP contribution is -2.24. The normalized spacial score (nSPS) is 11.8. The molecule has 154 valence electrons. The van der Waals surface area contributed by atoms with Gasteiger partial charge in [0.15, 0.2) is 0 Å². The second-order valence-electron chi connectivity index (χ2n) is 7.05. The van der Waals surface area contributed by atoms with E-state index in [1.54, 1.807) is 30.3 Å². The number of aromatic amines is 1. The monoisotopic (exact) mass is 424 g/mol. The molecule has 2 heterocycles. The lowest BCUT2D eigenvalue weighted by atomic mass is 10.0. The van der Waals surface area contributed by atoms with Crippen LogP contribution in [0.15, 0.2) is 59.8 Å². The molecule has 0 atom stereocenters. The summed E-state index contributed by atoms with van der Waals surface area (Å²) in [4.78, 5) is 12.2. The number of aryl methyl sites for hydroxylation is 1. The number of rotatable bonds is 6. The minimum Gasteiger partial charge on any atom is -0.339 e. The first-order valence-electron chi connectivity index (χ1n) is 9.59. The second-order valence-corrected chi connectivity index (χ2v) is 8.82. The maximum absolute atomic E-state index is 13.2. The van der Waals surface area contributed by atoms with Gasteiger partial charge in [0.05, 0.1) is 10.6 Å². The highest BCUT2D eigenvalue weighted by molar-refractivity contribution is 7.89. The molecule has 4 aromatic rings. The molecular weight excluding hydrogens is 403 g/mol.